The Kier molecular flexibility index (Phi) is 7.16. The Morgan fingerprint density at radius 1 is 1.37 bits per heavy atom. The van der Waals surface area contributed by atoms with Gasteiger partial charge in [-0.1, -0.05) is 48.6 Å². The highest BCUT2D eigenvalue weighted by molar-refractivity contribution is 6.69. The largest absolute Gasteiger partial charge is 0.447 e. The van der Waals surface area contributed by atoms with Crippen molar-refractivity contribution in [2.75, 3.05) is 6.61 Å². The number of cyclic esters (lactones) is 1. The third kappa shape index (κ3) is 5.64. The van der Waals surface area contributed by atoms with E-state index in [1.54, 1.807) is 6.08 Å². The van der Waals surface area contributed by atoms with E-state index in [9.17, 15) is 9.59 Å². The fourth-order valence-electron chi connectivity index (χ4n) is 3.13. The highest BCUT2D eigenvalue weighted by atomic mass is 28.4. The topological polar surface area (TPSA) is 55.8 Å². The molecule has 146 valence electrons. The number of carbonyl (C=O) groups is 2. The zero-order valence-electron chi connectivity index (χ0n) is 16.6. The zero-order valence-corrected chi connectivity index (χ0v) is 17.6. The zero-order chi connectivity index (χ0) is 20.0. The molecule has 2 amide bonds. The molecule has 1 aliphatic rings. The molecular formula is C21H29NO4Si. The summed E-state index contributed by atoms with van der Waals surface area (Å²) >= 11 is 0. The molecule has 5 nitrogen and oxygen atoms in total. The predicted molar refractivity (Wildman–Crippen MR) is 109 cm³/mol. The Morgan fingerprint density at radius 3 is 2.59 bits per heavy atom. The van der Waals surface area contributed by atoms with Crippen LogP contribution in [0, 0.1) is 5.92 Å². The van der Waals surface area contributed by atoms with Crippen molar-refractivity contribution in [2.24, 2.45) is 5.92 Å². The van der Waals surface area contributed by atoms with Crippen molar-refractivity contribution in [3.8, 4) is 0 Å². The van der Waals surface area contributed by atoms with Crippen LogP contribution in [0.25, 0.3) is 0 Å². The van der Waals surface area contributed by atoms with Gasteiger partial charge in [-0.25, -0.2) is 9.69 Å². The quantitative estimate of drug-likeness (QED) is 0.496. The third-order valence-corrected chi connectivity index (χ3v) is 5.26. The minimum Gasteiger partial charge on any atom is -0.447 e. The van der Waals surface area contributed by atoms with Gasteiger partial charge < -0.3 is 9.16 Å². The van der Waals surface area contributed by atoms with Gasteiger partial charge in [-0.3, -0.25) is 4.79 Å². The summed E-state index contributed by atoms with van der Waals surface area (Å²) in [5, 5.41) is 0. The van der Waals surface area contributed by atoms with E-state index in [0.29, 0.717) is 6.42 Å². The van der Waals surface area contributed by atoms with E-state index in [4.69, 9.17) is 9.16 Å². The van der Waals surface area contributed by atoms with E-state index < -0.39 is 26.4 Å². The average Bonchev–Trinajstić information content (AvgIpc) is 2.95. The summed E-state index contributed by atoms with van der Waals surface area (Å²) in [4.78, 5) is 26.8. The molecule has 0 unspecified atom stereocenters. The number of imide groups is 1. The second-order valence-corrected chi connectivity index (χ2v) is 12.1. The van der Waals surface area contributed by atoms with Crippen molar-refractivity contribution in [2.45, 2.75) is 45.1 Å². The summed E-state index contributed by atoms with van der Waals surface area (Å²) in [5.74, 6) is -0.966. The molecule has 2 rings (SSSR count). The number of rotatable bonds is 8. The van der Waals surface area contributed by atoms with E-state index >= 15 is 0 Å². The Bertz CT molecular complexity index is 696. The second-order valence-electron chi connectivity index (χ2n) is 7.61. The standard InChI is InChI=1S/C21H29NO4Si/c1-6-11-19(26-27(3,4)5)18(7-2)20(23)22-17(15-25-21(22)24)14-16-12-9-8-10-13-16/h6-13,17-19H,2,14-15H2,1,3-5H3/b11-6+/t17-,18+,19+/m0/s1. The Hall–Kier alpha value is -2.18. The molecule has 1 fully saturated rings. The number of amides is 2. The van der Waals surface area contributed by atoms with E-state index in [1.165, 1.54) is 4.90 Å². The first-order valence-corrected chi connectivity index (χ1v) is 12.6. The molecule has 0 saturated carbocycles. The minimum atomic E-state index is -1.90. The molecule has 0 radical (unpaired) electrons. The minimum absolute atomic E-state index is 0.201. The van der Waals surface area contributed by atoms with E-state index in [2.05, 4.69) is 26.2 Å². The molecule has 0 aliphatic carbocycles. The monoisotopic (exact) mass is 387 g/mol. The molecule has 1 aromatic rings. The lowest BCUT2D eigenvalue weighted by Crippen LogP contribution is -2.47. The Labute approximate surface area is 162 Å². The summed E-state index contributed by atoms with van der Waals surface area (Å²) in [6.45, 7) is 12.1. The first-order valence-electron chi connectivity index (χ1n) is 9.23. The van der Waals surface area contributed by atoms with Crippen LogP contribution in [-0.2, 0) is 20.4 Å². The molecule has 0 aromatic heterocycles. The predicted octanol–water partition coefficient (Wildman–Crippen LogP) is 4.17. The van der Waals surface area contributed by atoms with Crippen LogP contribution in [0.5, 0.6) is 0 Å². The van der Waals surface area contributed by atoms with Gasteiger partial charge in [-0.05, 0) is 38.5 Å². The summed E-state index contributed by atoms with van der Waals surface area (Å²) in [6, 6.07) is 9.45. The molecule has 1 aromatic carbocycles. The normalized spacial score (nSPS) is 19.8. The molecular weight excluding hydrogens is 358 g/mol. The molecule has 1 heterocycles. The fourth-order valence-corrected chi connectivity index (χ4v) is 4.17. The Balaban J connectivity index is 2.24. The maximum atomic E-state index is 13.2. The molecule has 6 heteroatoms. The summed E-state index contributed by atoms with van der Waals surface area (Å²) in [6.07, 6.45) is 4.80. The smallest absolute Gasteiger partial charge is 0.417 e. The number of carbonyl (C=O) groups excluding carboxylic acids is 2. The van der Waals surface area contributed by atoms with E-state index in [1.807, 2.05) is 49.4 Å². The van der Waals surface area contributed by atoms with Gasteiger partial charge in [0.2, 0.25) is 5.91 Å². The number of ether oxygens (including phenoxy) is 1. The Morgan fingerprint density at radius 2 is 2.04 bits per heavy atom. The third-order valence-electron chi connectivity index (χ3n) is 4.28. The van der Waals surface area contributed by atoms with Gasteiger partial charge in [0.05, 0.1) is 18.1 Å². The van der Waals surface area contributed by atoms with Gasteiger partial charge in [0.15, 0.2) is 8.32 Å². The van der Waals surface area contributed by atoms with E-state index in [0.717, 1.165) is 5.56 Å². The van der Waals surface area contributed by atoms with Crippen LogP contribution in [0.1, 0.15) is 12.5 Å². The number of allylic oxidation sites excluding steroid dienone is 1. The summed E-state index contributed by atoms with van der Waals surface area (Å²) in [5.41, 5.74) is 1.05. The summed E-state index contributed by atoms with van der Waals surface area (Å²) < 4.78 is 11.4. The van der Waals surface area contributed by atoms with Crippen LogP contribution >= 0.6 is 0 Å². The molecule has 27 heavy (non-hydrogen) atoms. The fraction of sp³-hybridized carbons (Fsp3) is 0.429. The first-order chi connectivity index (χ1) is 12.8. The second kappa shape index (κ2) is 9.15. The highest BCUT2D eigenvalue weighted by Crippen LogP contribution is 2.25. The average molecular weight is 388 g/mol. The molecule has 1 saturated heterocycles. The van der Waals surface area contributed by atoms with Gasteiger partial charge in [0, 0.05) is 0 Å². The molecule has 1 aliphatic heterocycles. The first kappa shape index (κ1) is 21.1. The van der Waals surface area contributed by atoms with Crippen molar-refractivity contribution in [1.29, 1.82) is 0 Å². The van der Waals surface area contributed by atoms with Crippen LogP contribution in [0.3, 0.4) is 0 Å². The van der Waals surface area contributed by atoms with Crippen LogP contribution in [0.15, 0.2) is 55.1 Å². The van der Waals surface area contributed by atoms with Crippen molar-refractivity contribution in [3.63, 3.8) is 0 Å². The van der Waals surface area contributed by atoms with Gasteiger partial charge in [-0.15, -0.1) is 6.58 Å². The lowest BCUT2D eigenvalue weighted by Gasteiger charge is -2.31. The maximum absolute atomic E-state index is 13.2. The number of benzene rings is 1. The van der Waals surface area contributed by atoms with Crippen LogP contribution in [0.2, 0.25) is 19.6 Å². The molecule has 0 spiro atoms. The van der Waals surface area contributed by atoms with Crippen LogP contribution < -0.4 is 0 Å². The van der Waals surface area contributed by atoms with Gasteiger partial charge in [0.25, 0.3) is 0 Å². The van der Waals surface area contributed by atoms with Gasteiger partial charge >= 0.3 is 6.09 Å². The number of hydrogen-bond acceptors (Lipinski definition) is 4. The molecule has 3 atom stereocenters. The number of nitrogens with zero attached hydrogens (tertiary/aromatic N) is 1. The van der Waals surface area contributed by atoms with Crippen molar-refractivity contribution in [3.05, 3.63) is 60.7 Å². The number of hydrogen-bond donors (Lipinski definition) is 0. The van der Waals surface area contributed by atoms with E-state index in [-0.39, 0.29) is 18.6 Å². The maximum Gasteiger partial charge on any atom is 0.417 e. The lowest BCUT2D eigenvalue weighted by atomic mass is 9.98. The SMILES string of the molecule is C=C[C@@H](C(=O)N1C(=O)OC[C@@H]1Cc1ccccc1)[C@@H](/C=C/C)O[Si](C)(C)C. The van der Waals surface area contributed by atoms with Crippen molar-refractivity contribution in [1.82, 2.24) is 4.90 Å². The highest BCUT2D eigenvalue weighted by Gasteiger charge is 2.42. The van der Waals surface area contributed by atoms with Crippen molar-refractivity contribution < 1.29 is 18.8 Å². The molecule has 0 N–H and O–H groups in total. The molecule has 0 bridgehead atoms. The van der Waals surface area contributed by atoms with Crippen LogP contribution in [-0.4, -0.2) is 44.0 Å². The van der Waals surface area contributed by atoms with Crippen molar-refractivity contribution >= 4 is 20.3 Å². The van der Waals surface area contributed by atoms with Gasteiger partial charge in [0.1, 0.15) is 6.61 Å². The van der Waals surface area contributed by atoms with Gasteiger partial charge in [-0.2, -0.15) is 0 Å². The summed E-state index contributed by atoms with van der Waals surface area (Å²) in [7, 11) is -1.90. The van der Waals surface area contributed by atoms with Crippen LogP contribution in [0.4, 0.5) is 4.79 Å². The lowest BCUT2D eigenvalue weighted by molar-refractivity contribution is -0.133.